The lowest BCUT2D eigenvalue weighted by Crippen LogP contribution is -2.29. The summed E-state index contributed by atoms with van der Waals surface area (Å²) in [5, 5.41) is 0. The zero-order valence-electron chi connectivity index (χ0n) is 14.5. The summed E-state index contributed by atoms with van der Waals surface area (Å²) >= 11 is 0. The third kappa shape index (κ3) is 4.84. The van der Waals surface area contributed by atoms with Gasteiger partial charge in [-0.15, -0.1) is 0 Å². The Morgan fingerprint density at radius 3 is 2.00 bits per heavy atom. The van der Waals surface area contributed by atoms with Crippen molar-refractivity contribution < 1.29 is 13.9 Å². The van der Waals surface area contributed by atoms with E-state index in [-0.39, 0.29) is 17.5 Å². The van der Waals surface area contributed by atoms with E-state index in [1.807, 2.05) is 71.9 Å². The molecule has 23 heavy (non-hydrogen) atoms. The lowest BCUT2D eigenvalue weighted by atomic mass is 10.2. The summed E-state index contributed by atoms with van der Waals surface area (Å²) in [7, 11) is 0. The zero-order valence-corrected chi connectivity index (χ0v) is 14.5. The van der Waals surface area contributed by atoms with E-state index in [1.54, 1.807) is 0 Å². The topological polar surface area (TPSA) is 61.6 Å². The average Bonchev–Trinajstić information content (AvgIpc) is 2.40. The lowest BCUT2D eigenvalue weighted by molar-refractivity contribution is 0.0845. The smallest absolute Gasteiger partial charge is 0.386 e. The van der Waals surface area contributed by atoms with E-state index in [1.165, 1.54) is 0 Å². The fraction of sp³-hybridized carbons (Fsp3) is 0.444. The Labute approximate surface area is 136 Å². The molecule has 1 heterocycles. The van der Waals surface area contributed by atoms with Gasteiger partial charge in [-0.25, -0.2) is 4.79 Å². The molecule has 2 rings (SSSR count). The maximum Gasteiger partial charge on any atom is 0.386 e. The molecule has 0 saturated heterocycles. The van der Waals surface area contributed by atoms with Gasteiger partial charge in [0.1, 0.15) is 11.2 Å². The van der Waals surface area contributed by atoms with Crippen molar-refractivity contribution in [1.29, 1.82) is 0 Å². The molecule has 0 N–H and O–H groups in total. The van der Waals surface area contributed by atoms with E-state index in [0.29, 0.717) is 5.56 Å². The summed E-state index contributed by atoms with van der Waals surface area (Å²) in [5.74, 6) is 0.339. The highest BCUT2D eigenvalue weighted by Crippen LogP contribution is 2.30. The molecule has 0 radical (unpaired) electrons. The van der Waals surface area contributed by atoms with E-state index in [4.69, 9.17) is 13.9 Å². The largest absolute Gasteiger partial charge is 0.477 e. The van der Waals surface area contributed by atoms with Gasteiger partial charge in [-0.05, 0) is 53.7 Å². The van der Waals surface area contributed by atoms with Gasteiger partial charge >= 0.3 is 5.63 Å². The summed E-state index contributed by atoms with van der Waals surface area (Å²) in [6.45, 7) is 11.2. The second-order valence-electron chi connectivity index (χ2n) is 7.24. The number of nitrogens with zero attached hydrogens (tertiary/aromatic N) is 1. The van der Waals surface area contributed by atoms with Crippen LogP contribution in [0, 0.1) is 0 Å². The van der Waals surface area contributed by atoms with E-state index < -0.39 is 16.8 Å². The van der Waals surface area contributed by atoms with Crippen molar-refractivity contribution in [2.45, 2.75) is 52.7 Å². The van der Waals surface area contributed by atoms with Crippen LogP contribution in [0.1, 0.15) is 41.5 Å². The molecule has 0 unspecified atom stereocenters. The van der Waals surface area contributed by atoms with Gasteiger partial charge in [0.2, 0.25) is 5.89 Å². The molecule has 0 amide bonds. The van der Waals surface area contributed by atoms with Crippen molar-refractivity contribution in [3.63, 3.8) is 0 Å². The monoisotopic (exact) mass is 317 g/mol. The van der Waals surface area contributed by atoms with E-state index >= 15 is 0 Å². The van der Waals surface area contributed by atoms with Crippen LogP contribution >= 0.6 is 0 Å². The highest BCUT2D eigenvalue weighted by molar-refractivity contribution is 5.54. The Kier molecular flexibility index (Phi) is 4.50. The van der Waals surface area contributed by atoms with Crippen molar-refractivity contribution in [3.8, 4) is 23.1 Å². The fourth-order valence-electron chi connectivity index (χ4n) is 1.84. The highest BCUT2D eigenvalue weighted by atomic mass is 16.6. The molecule has 5 nitrogen and oxygen atoms in total. The molecule has 0 aliphatic carbocycles. The first-order chi connectivity index (χ1) is 10.6. The minimum atomic E-state index is -0.604. The molecule has 0 saturated carbocycles. The normalized spacial score (nSPS) is 12.1. The molecular formula is C18H23NO4. The third-order valence-electron chi connectivity index (χ3n) is 2.60. The predicted octanol–water partition coefficient (Wildman–Crippen LogP) is 4.06. The minimum absolute atomic E-state index is 0.00731. The molecule has 1 aromatic heterocycles. The number of hydrogen-bond donors (Lipinski definition) is 0. The summed E-state index contributed by atoms with van der Waals surface area (Å²) in [6.07, 6.45) is 0. The molecule has 5 heteroatoms. The Morgan fingerprint density at radius 2 is 1.48 bits per heavy atom. The molecule has 1 aromatic carbocycles. The predicted molar refractivity (Wildman–Crippen MR) is 89.0 cm³/mol. The fourth-order valence-corrected chi connectivity index (χ4v) is 1.84. The molecular weight excluding hydrogens is 294 g/mol. The lowest BCUT2D eigenvalue weighted by Gasteiger charge is -2.25. The van der Waals surface area contributed by atoms with Crippen LogP contribution < -0.4 is 15.1 Å². The maximum absolute atomic E-state index is 12.4. The first kappa shape index (κ1) is 17.1. The van der Waals surface area contributed by atoms with E-state index in [2.05, 4.69) is 4.98 Å². The van der Waals surface area contributed by atoms with Crippen LogP contribution in [-0.4, -0.2) is 16.2 Å². The number of rotatable bonds is 3. The van der Waals surface area contributed by atoms with Gasteiger partial charge in [0.15, 0.2) is 0 Å². The average molecular weight is 317 g/mol. The van der Waals surface area contributed by atoms with Crippen molar-refractivity contribution in [1.82, 2.24) is 4.98 Å². The minimum Gasteiger partial charge on any atom is -0.477 e. The molecule has 0 fully saturated rings. The van der Waals surface area contributed by atoms with E-state index in [9.17, 15) is 4.79 Å². The van der Waals surface area contributed by atoms with Crippen LogP contribution in [0.15, 0.2) is 39.5 Å². The van der Waals surface area contributed by atoms with Crippen LogP contribution in [0.5, 0.6) is 11.6 Å². The molecule has 0 spiro atoms. The molecule has 124 valence electrons. The van der Waals surface area contributed by atoms with Crippen molar-refractivity contribution in [3.05, 3.63) is 40.8 Å². The van der Waals surface area contributed by atoms with Gasteiger partial charge in [0, 0.05) is 5.56 Å². The van der Waals surface area contributed by atoms with Gasteiger partial charge in [0.25, 0.3) is 11.6 Å². The Balaban J connectivity index is 2.57. The molecule has 0 aliphatic rings. The van der Waals surface area contributed by atoms with Gasteiger partial charge < -0.3 is 13.9 Å². The summed E-state index contributed by atoms with van der Waals surface area (Å²) in [5.41, 5.74) is -0.996. The quantitative estimate of drug-likeness (QED) is 0.854. The standard InChI is InChI=1S/C18H23NO4/c1-17(2,3)22-13-15(23-18(4,5)6)19-14(21-16(13)20)12-10-8-7-9-11-12/h7-11H,1-6H3. The first-order valence-electron chi connectivity index (χ1n) is 7.54. The van der Waals surface area contributed by atoms with E-state index in [0.717, 1.165) is 0 Å². The van der Waals surface area contributed by atoms with Gasteiger partial charge in [-0.3, -0.25) is 0 Å². The summed E-state index contributed by atoms with van der Waals surface area (Å²) in [6, 6.07) is 9.21. The van der Waals surface area contributed by atoms with Crippen LogP contribution in [0.3, 0.4) is 0 Å². The molecule has 0 bridgehead atoms. The van der Waals surface area contributed by atoms with Crippen LogP contribution in [0.25, 0.3) is 11.5 Å². The van der Waals surface area contributed by atoms with Crippen LogP contribution in [0.2, 0.25) is 0 Å². The summed E-state index contributed by atoms with van der Waals surface area (Å²) in [4.78, 5) is 16.7. The Hall–Kier alpha value is -2.30. The van der Waals surface area contributed by atoms with Gasteiger partial charge in [-0.2, -0.15) is 4.98 Å². The van der Waals surface area contributed by atoms with Crippen LogP contribution in [-0.2, 0) is 0 Å². The number of hydrogen-bond acceptors (Lipinski definition) is 5. The number of benzene rings is 1. The van der Waals surface area contributed by atoms with Gasteiger partial charge in [-0.1, -0.05) is 18.2 Å². The van der Waals surface area contributed by atoms with Crippen molar-refractivity contribution in [2.24, 2.45) is 0 Å². The highest BCUT2D eigenvalue weighted by Gasteiger charge is 2.26. The number of aromatic nitrogens is 1. The Bertz CT molecular complexity index is 721. The SMILES string of the molecule is CC(C)(C)Oc1nc(-c2ccccc2)oc(=O)c1OC(C)(C)C. The molecule has 0 atom stereocenters. The second kappa shape index (κ2) is 6.07. The third-order valence-corrected chi connectivity index (χ3v) is 2.60. The maximum atomic E-state index is 12.4. The molecule has 2 aromatic rings. The molecule has 0 aliphatic heterocycles. The van der Waals surface area contributed by atoms with Gasteiger partial charge in [0.05, 0.1) is 0 Å². The van der Waals surface area contributed by atoms with Crippen molar-refractivity contribution in [2.75, 3.05) is 0 Å². The second-order valence-corrected chi connectivity index (χ2v) is 7.24. The summed E-state index contributed by atoms with van der Waals surface area (Å²) < 4.78 is 16.9. The van der Waals surface area contributed by atoms with Crippen molar-refractivity contribution >= 4 is 0 Å². The Morgan fingerprint density at radius 1 is 0.913 bits per heavy atom. The number of ether oxygens (including phenoxy) is 2. The first-order valence-corrected chi connectivity index (χ1v) is 7.54. The van der Waals surface area contributed by atoms with Crippen LogP contribution in [0.4, 0.5) is 0 Å². The zero-order chi connectivity index (χ0) is 17.3.